The minimum atomic E-state index is -0.0108. The molecule has 0 saturated carbocycles. The van der Waals surface area contributed by atoms with Gasteiger partial charge in [0.2, 0.25) is 0 Å². The van der Waals surface area contributed by atoms with Crippen molar-refractivity contribution in [2.24, 2.45) is 0 Å². The van der Waals surface area contributed by atoms with Gasteiger partial charge in [-0.15, -0.1) is 0 Å². The molecule has 2 heterocycles. The number of likely N-dealkylation sites (tertiary alicyclic amines) is 1. The molecule has 3 rings (SSSR count). The van der Waals surface area contributed by atoms with Crippen LogP contribution in [0.15, 0.2) is 36.7 Å². The van der Waals surface area contributed by atoms with Crippen LogP contribution in [0.5, 0.6) is 0 Å². The number of aromatic nitrogens is 2. The second-order valence-electron chi connectivity index (χ2n) is 5.90. The fourth-order valence-electron chi connectivity index (χ4n) is 2.99. The minimum absolute atomic E-state index is 0.0108. The Morgan fingerprint density at radius 2 is 2.23 bits per heavy atom. The number of benzene rings is 1. The number of hydrogen-bond acceptors (Lipinski definition) is 2. The molecule has 0 spiro atoms. The third-order valence-corrected chi connectivity index (χ3v) is 4.44. The molecule has 1 saturated heterocycles. The molecule has 1 aromatic carbocycles. The summed E-state index contributed by atoms with van der Waals surface area (Å²) in [6.45, 7) is 5.66. The molecule has 5 heteroatoms. The fraction of sp³-hybridized carbons (Fsp3) is 0.412. The molecule has 0 radical (unpaired) electrons. The summed E-state index contributed by atoms with van der Waals surface area (Å²) in [5.41, 5.74) is 3.21. The molecule has 2 amide bonds. The number of carbonyl (C=O) groups is 1. The van der Waals surface area contributed by atoms with Crippen LogP contribution >= 0.6 is 0 Å². The van der Waals surface area contributed by atoms with Crippen LogP contribution in [0.4, 0.5) is 10.5 Å². The molecule has 0 bridgehead atoms. The Kier molecular flexibility index (Phi) is 4.13. The maximum atomic E-state index is 12.6. The molecule has 1 aliphatic heterocycles. The summed E-state index contributed by atoms with van der Waals surface area (Å²) in [4.78, 5) is 14.5. The first-order valence-electron chi connectivity index (χ1n) is 7.76. The first kappa shape index (κ1) is 14.6. The summed E-state index contributed by atoms with van der Waals surface area (Å²) >= 11 is 0. The fourth-order valence-corrected chi connectivity index (χ4v) is 2.99. The van der Waals surface area contributed by atoms with E-state index in [0.717, 1.165) is 37.2 Å². The third kappa shape index (κ3) is 2.98. The van der Waals surface area contributed by atoms with Crippen LogP contribution in [0.2, 0.25) is 0 Å². The Hall–Kier alpha value is -2.30. The van der Waals surface area contributed by atoms with E-state index in [1.807, 2.05) is 40.9 Å². The Morgan fingerprint density at radius 3 is 3.00 bits per heavy atom. The number of hydrogen-bond donors (Lipinski definition) is 1. The highest BCUT2D eigenvalue weighted by atomic mass is 16.2. The average molecular weight is 298 g/mol. The number of carbonyl (C=O) groups excluding carboxylic acids is 1. The van der Waals surface area contributed by atoms with Crippen LogP contribution < -0.4 is 5.32 Å². The molecule has 1 fully saturated rings. The van der Waals surface area contributed by atoms with Gasteiger partial charge in [-0.2, -0.15) is 5.10 Å². The van der Waals surface area contributed by atoms with Crippen molar-refractivity contribution in [3.63, 3.8) is 0 Å². The van der Waals surface area contributed by atoms with Gasteiger partial charge in [0, 0.05) is 24.6 Å². The largest absolute Gasteiger partial charge is 0.322 e. The van der Waals surface area contributed by atoms with E-state index in [1.54, 1.807) is 6.20 Å². The molecule has 1 aromatic heterocycles. The Bertz CT molecular complexity index is 651. The molecule has 1 N–H and O–H groups in total. The van der Waals surface area contributed by atoms with Crippen molar-refractivity contribution in [1.29, 1.82) is 0 Å². The van der Waals surface area contributed by atoms with Gasteiger partial charge in [-0.1, -0.05) is 12.1 Å². The van der Waals surface area contributed by atoms with Gasteiger partial charge < -0.3 is 10.2 Å². The van der Waals surface area contributed by atoms with Gasteiger partial charge in [-0.3, -0.25) is 4.68 Å². The van der Waals surface area contributed by atoms with Crippen molar-refractivity contribution in [3.05, 3.63) is 47.8 Å². The van der Waals surface area contributed by atoms with Gasteiger partial charge in [0.25, 0.3) is 0 Å². The van der Waals surface area contributed by atoms with Gasteiger partial charge in [0.05, 0.1) is 12.6 Å². The highest BCUT2D eigenvalue weighted by Crippen LogP contribution is 2.22. The Balaban J connectivity index is 1.69. The number of nitrogens with one attached hydrogen (secondary N) is 1. The molecule has 1 unspecified atom stereocenters. The van der Waals surface area contributed by atoms with E-state index in [2.05, 4.69) is 23.4 Å². The van der Waals surface area contributed by atoms with Crippen LogP contribution in [-0.2, 0) is 6.54 Å². The van der Waals surface area contributed by atoms with Crippen molar-refractivity contribution >= 4 is 11.7 Å². The summed E-state index contributed by atoms with van der Waals surface area (Å²) in [5.74, 6) is 0. The minimum Gasteiger partial charge on any atom is -0.320 e. The molecular formula is C17H22N4O. The topological polar surface area (TPSA) is 50.2 Å². The van der Waals surface area contributed by atoms with E-state index in [1.165, 1.54) is 5.56 Å². The van der Waals surface area contributed by atoms with Gasteiger partial charge in [0.15, 0.2) is 0 Å². The predicted molar refractivity (Wildman–Crippen MR) is 86.9 cm³/mol. The molecule has 1 aliphatic rings. The number of nitrogens with zero attached hydrogens (tertiary/aromatic N) is 3. The molecule has 5 nitrogen and oxygen atoms in total. The maximum Gasteiger partial charge on any atom is 0.322 e. The standard InChI is InChI=1S/C17H22N4O/c1-13-6-3-8-16(14(13)2)19-17(22)21-11-4-7-15(21)12-20-10-5-9-18-20/h3,5-6,8-10,15H,4,7,11-12H2,1-2H3,(H,19,22). The number of rotatable bonds is 3. The van der Waals surface area contributed by atoms with Crippen LogP contribution in [0, 0.1) is 13.8 Å². The predicted octanol–water partition coefficient (Wildman–Crippen LogP) is 3.20. The van der Waals surface area contributed by atoms with E-state index in [4.69, 9.17) is 0 Å². The Morgan fingerprint density at radius 1 is 1.36 bits per heavy atom. The van der Waals surface area contributed by atoms with Gasteiger partial charge in [-0.05, 0) is 49.9 Å². The van der Waals surface area contributed by atoms with Crippen molar-refractivity contribution < 1.29 is 4.79 Å². The van der Waals surface area contributed by atoms with Crippen molar-refractivity contribution in [2.75, 3.05) is 11.9 Å². The second kappa shape index (κ2) is 6.22. The second-order valence-corrected chi connectivity index (χ2v) is 5.90. The summed E-state index contributed by atoms with van der Waals surface area (Å²) in [5, 5.41) is 7.30. The van der Waals surface area contributed by atoms with E-state index >= 15 is 0 Å². The lowest BCUT2D eigenvalue weighted by atomic mass is 10.1. The van der Waals surface area contributed by atoms with E-state index in [0.29, 0.717) is 0 Å². The number of aryl methyl sites for hydroxylation is 1. The smallest absolute Gasteiger partial charge is 0.320 e. The average Bonchev–Trinajstić information content (AvgIpc) is 3.16. The lowest BCUT2D eigenvalue weighted by molar-refractivity contribution is 0.199. The van der Waals surface area contributed by atoms with Crippen LogP contribution in [0.3, 0.4) is 0 Å². The molecule has 1 atom stereocenters. The van der Waals surface area contributed by atoms with Gasteiger partial charge in [0.1, 0.15) is 0 Å². The summed E-state index contributed by atoms with van der Waals surface area (Å²) in [6.07, 6.45) is 5.79. The van der Waals surface area contributed by atoms with E-state index in [-0.39, 0.29) is 12.1 Å². The van der Waals surface area contributed by atoms with Gasteiger partial charge >= 0.3 is 6.03 Å². The normalized spacial score (nSPS) is 17.7. The highest BCUT2D eigenvalue weighted by Gasteiger charge is 2.29. The molecule has 116 valence electrons. The van der Waals surface area contributed by atoms with E-state index < -0.39 is 0 Å². The van der Waals surface area contributed by atoms with Crippen molar-refractivity contribution in [3.8, 4) is 0 Å². The monoisotopic (exact) mass is 298 g/mol. The number of anilines is 1. The first-order valence-corrected chi connectivity index (χ1v) is 7.76. The molecule has 2 aromatic rings. The zero-order valence-corrected chi connectivity index (χ0v) is 13.1. The molecule has 22 heavy (non-hydrogen) atoms. The summed E-state index contributed by atoms with van der Waals surface area (Å²) in [6, 6.07) is 8.10. The Labute approximate surface area is 130 Å². The number of amides is 2. The zero-order chi connectivity index (χ0) is 15.5. The third-order valence-electron chi connectivity index (χ3n) is 4.44. The van der Waals surface area contributed by atoms with Gasteiger partial charge in [-0.25, -0.2) is 4.79 Å². The number of urea groups is 1. The highest BCUT2D eigenvalue weighted by molar-refractivity contribution is 5.90. The molecular weight excluding hydrogens is 276 g/mol. The summed E-state index contributed by atoms with van der Waals surface area (Å²) < 4.78 is 1.90. The van der Waals surface area contributed by atoms with Crippen LogP contribution in [-0.4, -0.2) is 33.3 Å². The molecule has 0 aliphatic carbocycles. The zero-order valence-electron chi connectivity index (χ0n) is 13.1. The SMILES string of the molecule is Cc1cccc(NC(=O)N2CCCC2Cn2cccn2)c1C. The van der Waals surface area contributed by atoms with E-state index in [9.17, 15) is 4.79 Å². The summed E-state index contributed by atoms with van der Waals surface area (Å²) in [7, 11) is 0. The van der Waals surface area contributed by atoms with Crippen molar-refractivity contribution in [2.45, 2.75) is 39.3 Å². The van der Waals surface area contributed by atoms with Crippen LogP contribution in [0.25, 0.3) is 0 Å². The quantitative estimate of drug-likeness (QED) is 0.946. The maximum absolute atomic E-state index is 12.6. The lowest BCUT2D eigenvalue weighted by Crippen LogP contribution is -2.41. The van der Waals surface area contributed by atoms with Crippen molar-refractivity contribution in [1.82, 2.24) is 14.7 Å². The van der Waals surface area contributed by atoms with Crippen LogP contribution in [0.1, 0.15) is 24.0 Å². The first-order chi connectivity index (χ1) is 10.6. The lowest BCUT2D eigenvalue weighted by Gasteiger charge is -2.25.